The van der Waals surface area contributed by atoms with Crippen LogP contribution >= 0.6 is 0 Å². The summed E-state index contributed by atoms with van der Waals surface area (Å²) >= 11 is 0. The Morgan fingerprint density at radius 3 is 1.21 bits per heavy atom. The Morgan fingerprint density at radius 1 is 0.571 bits per heavy atom. The topological polar surface area (TPSA) is 52.1 Å². The van der Waals surface area contributed by atoms with Gasteiger partial charge in [0.25, 0.3) is 0 Å². The van der Waals surface area contributed by atoms with Crippen molar-refractivity contribution in [3.63, 3.8) is 0 Å². The van der Waals surface area contributed by atoms with Gasteiger partial charge in [0.2, 0.25) is 0 Å². The molecule has 0 amide bonds. The van der Waals surface area contributed by atoms with E-state index in [0.29, 0.717) is 0 Å². The number of hydrogen-bond donors (Lipinski definition) is 0. The molecule has 0 aliphatic heterocycles. The van der Waals surface area contributed by atoms with Crippen LogP contribution in [0.25, 0.3) is 0 Å². The zero-order valence-electron chi connectivity index (χ0n) is 16.6. The van der Waals surface area contributed by atoms with E-state index in [9.17, 15) is 0 Å². The first-order valence-corrected chi connectivity index (χ1v) is 9.53. The summed E-state index contributed by atoms with van der Waals surface area (Å²) in [6.07, 6.45) is 0. The Bertz CT molecular complexity index is 938. The minimum absolute atomic E-state index is 0.0339. The van der Waals surface area contributed by atoms with Crippen molar-refractivity contribution in [1.29, 1.82) is 0 Å². The first-order chi connectivity index (χ1) is 13.6. The molecule has 2 aromatic heterocycles. The highest BCUT2D eigenvalue weighted by Crippen LogP contribution is 2.46. The molecule has 0 bridgehead atoms. The van der Waals surface area contributed by atoms with Gasteiger partial charge in [-0.25, -0.2) is 0 Å². The number of nitrogens with zero attached hydrogens (tertiary/aromatic N) is 2. The number of rotatable bonds is 5. The molecule has 4 rings (SSSR count). The minimum Gasteiger partial charge on any atom is -0.361 e. The maximum absolute atomic E-state index is 5.57. The average molecular weight is 372 g/mol. The van der Waals surface area contributed by atoms with Gasteiger partial charge in [0, 0.05) is 23.0 Å². The molecule has 4 heteroatoms. The Hall–Kier alpha value is -3.14. The molecule has 0 spiro atoms. The lowest BCUT2D eigenvalue weighted by Crippen LogP contribution is -2.17. The first kappa shape index (κ1) is 18.2. The van der Waals surface area contributed by atoms with E-state index in [0.717, 1.165) is 34.0 Å². The highest BCUT2D eigenvalue weighted by atomic mass is 16.5. The zero-order chi connectivity index (χ0) is 19.7. The normalized spacial score (nSPS) is 13.4. The molecule has 4 aromatic rings. The van der Waals surface area contributed by atoms with Crippen LogP contribution < -0.4 is 0 Å². The second-order valence-electron chi connectivity index (χ2n) is 7.25. The second kappa shape index (κ2) is 7.47. The third kappa shape index (κ3) is 3.15. The van der Waals surface area contributed by atoms with Gasteiger partial charge in [-0.15, -0.1) is 0 Å². The van der Waals surface area contributed by atoms with E-state index in [1.165, 1.54) is 11.1 Å². The lowest BCUT2D eigenvalue weighted by molar-refractivity contribution is 0.390. The van der Waals surface area contributed by atoms with Gasteiger partial charge in [0.1, 0.15) is 11.5 Å². The lowest BCUT2D eigenvalue weighted by Gasteiger charge is -2.28. The summed E-state index contributed by atoms with van der Waals surface area (Å²) in [4.78, 5) is 0. The van der Waals surface area contributed by atoms with Gasteiger partial charge in [0.05, 0.1) is 11.4 Å². The van der Waals surface area contributed by atoms with E-state index in [1.54, 1.807) is 0 Å². The number of benzene rings is 2. The summed E-state index contributed by atoms with van der Waals surface area (Å²) < 4.78 is 11.1. The fourth-order valence-corrected chi connectivity index (χ4v) is 4.24. The highest BCUT2D eigenvalue weighted by molar-refractivity contribution is 5.48. The van der Waals surface area contributed by atoms with Crippen LogP contribution in [-0.4, -0.2) is 10.3 Å². The SMILES string of the molecule is Cc1noc(C)c1[C@@H](c1ccccc1)[C@@H](c1ccccc1)c1c(C)noc1C. The van der Waals surface area contributed by atoms with E-state index in [4.69, 9.17) is 9.05 Å². The van der Waals surface area contributed by atoms with Gasteiger partial charge < -0.3 is 9.05 Å². The molecule has 0 unspecified atom stereocenters. The van der Waals surface area contributed by atoms with Gasteiger partial charge in [0.15, 0.2) is 0 Å². The average Bonchev–Trinajstić information content (AvgIpc) is 3.22. The van der Waals surface area contributed by atoms with E-state index in [1.807, 2.05) is 39.8 Å². The van der Waals surface area contributed by atoms with Crippen molar-refractivity contribution in [3.05, 3.63) is 106 Å². The summed E-state index contributed by atoms with van der Waals surface area (Å²) in [6.45, 7) is 8.00. The van der Waals surface area contributed by atoms with Crippen molar-refractivity contribution in [1.82, 2.24) is 10.3 Å². The number of aryl methyl sites for hydroxylation is 4. The molecular formula is C24H24N2O2. The van der Waals surface area contributed by atoms with Gasteiger partial charge >= 0.3 is 0 Å². The van der Waals surface area contributed by atoms with Crippen LogP contribution in [-0.2, 0) is 0 Å². The molecule has 0 saturated carbocycles. The highest BCUT2D eigenvalue weighted by Gasteiger charge is 2.35. The third-order valence-electron chi connectivity index (χ3n) is 5.45. The lowest BCUT2D eigenvalue weighted by atomic mass is 9.72. The number of aromatic nitrogens is 2. The van der Waals surface area contributed by atoms with E-state index in [2.05, 4.69) is 58.8 Å². The molecule has 0 radical (unpaired) electrons. The Balaban J connectivity index is 2.02. The summed E-state index contributed by atoms with van der Waals surface area (Å²) in [5, 5.41) is 8.50. The van der Waals surface area contributed by atoms with Crippen LogP contribution in [0.3, 0.4) is 0 Å². The summed E-state index contributed by atoms with van der Waals surface area (Å²) in [5.41, 5.74) is 6.51. The Labute approximate surface area is 165 Å². The van der Waals surface area contributed by atoms with Crippen LogP contribution in [0.4, 0.5) is 0 Å². The monoisotopic (exact) mass is 372 g/mol. The molecule has 0 N–H and O–H groups in total. The fourth-order valence-electron chi connectivity index (χ4n) is 4.24. The molecule has 142 valence electrons. The Kier molecular flexibility index (Phi) is 4.86. The van der Waals surface area contributed by atoms with Crippen LogP contribution in [0.2, 0.25) is 0 Å². The molecule has 0 saturated heterocycles. The van der Waals surface area contributed by atoms with Gasteiger partial charge in [-0.1, -0.05) is 71.0 Å². The van der Waals surface area contributed by atoms with Crippen LogP contribution in [0.15, 0.2) is 69.7 Å². The van der Waals surface area contributed by atoms with Crippen molar-refractivity contribution in [2.45, 2.75) is 39.5 Å². The predicted octanol–water partition coefficient (Wildman–Crippen LogP) is 5.86. The van der Waals surface area contributed by atoms with Gasteiger partial charge in [-0.05, 0) is 38.8 Å². The molecule has 2 aromatic carbocycles. The van der Waals surface area contributed by atoms with E-state index >= 15 is 0 Å². The first-order valence-electron chi connectivity index (χ1n) is 9.53. The molecule has 0 aliphatic rings. The predicted molar refractivity (Wildman–Crippen MR) is 109 cm³/mol. The van der Waals surface area contributed by atoms with Crippen LogP contribution in [0, 0.1) is 27.7 Å². The van der Waals surface area contributed by atoms with Crippen LogP contribution in [0.1, 0.15) is 57.0 Å². The smallest absolute Gasteiger partial charge is 0.137 e. The molecule has 2 atom stereocenters. The fraction of sp³-hybridized carbons (Fsp3) is 0.250. The standard InChI is InChI=1S/C24H24N2O2/c1-15-21(17(3)27-25-15)23(19-11-7-5-8-12-19)24(20-13-9-6-10-14-20)22-16(2)26-28-18(22)4/h5-14,23-24H,1-4H3/t23-,24+. The molecular weight excluding hydrogens is 348 g/mol. The van der Waals surface area contributed by atoms with Crippen molar-refractivity contribution in [2.75, 3.05) is 0 Å². The Morgan fingerprint density at radius 2 is 0.929 bits per heavy atom. The van der Waals surface area contributed by atoms with Crippen molar-refractivity contribution >= 4 is 0 Å². The molecule has 0 aliphatic carbocycles. The third-order valence-corrected chi connectivity index (χ3v) is 5.45. The van der Waals surface area contributed by atoms with Gasteiger partial charge in [-0.3, -0.25) is 0 Å². The maximum atomic E-state index is 5.57. The quantitative estimate of drug-likeness (QED) is 0.440. The van der Waals surface area contributed by atoms with Crippen LogP contribution in [0.5, 0.6) is 0 Å². The number of hydrogen-bond acceptors (Lipinski definition) is 4. The molecule has 2 heterocycles. The molecule has 4 nitrogen and oxygen atoms in total. The van der Waals surface area contributed by atoms with E-state index in [-0.39, 0.29) is 11.8 Å². The molecule has 0 fully saturated rings. The maximum Gasteiger partial charge on any atom is 0.137 e. The largest absolute Gasteiger partial charge is 0.361 e. The second-order valence-corrected chi connectivity index (χ2v) is 7.25. The van der Waals surface area contributed by atoms with Crippen molar-refractivity contribution in [3.8, 4) is 0 Å². The van der Waals surface area contributed by atoms with Crippen molar-refractivity contribution < 1.29 is 9.05 Å². The summed E-state index contributed by atoms with van der Waals surface area (Å²) in [6, 6.07) is 21.1. The zero-order valence-corrected chi connectivity index (χ0v) is 16.6. The summed E-state index contributed by atoms with van der Waals surface area (Å²) in [5.74, 6) is 1.76. The molecule has 28 heavy (non-hydrogen) atoms. The minimum atomic E-state index is 0.0339. The van der Waals surface area contributed by atoms with Gasteiger partial charge in [-0.2, -0.15) is 0 Å². The van der Waals surface area contributed by atoms with Crippen molar-refractivity contribution in [2.24, 2.45) is 0 Å². The summed E-state index contributed by atoms with van der Waals surface area (Å²) in [7, 11) is 0. The van der Waals surface area contributed by atoms with E-state index < -0.39 is 0 Å².